The van der Waals surface area contributed by atoms with E-state index in [0.717, 1.165) is 18.5 Å². The van der Waals surface area contributed by atoms with Crippen LogP contribution < -0.4 is 16.0 Å². The van der Waals surface area contributed by atoms with Crippen molar-refractivity contribution in [2.75, 3.05) is 12.4 Å². The molecule has 0 bridgehead atoms. The number of hydrogen-bond donors (Lipinski definition) is 3. The molecule has 0 fully saturated rings. The summed E-state index contributed by atoms with van der Waals surface area (Å²) in [4.78, 5) is 22.8. The van der Waals surface area contributed by atoms with Crippen LogP contribution in [0.15, 0.2) is 18.2 Å². The van der Waals surface area contributed by atoms with Crippen LogP contribution in [0.4, 0.5) is 10.5 Å². The third-order valence-electron chi connectivity index (χ3n) is 3.34. The van der Waals surface area contributed by atoms with Gasteiger partial charge in [0, 0.05) is 12.7 Å². The summed E-state index contributed by atoms with van der Waals surface area (Å²) in [5.74, 6) is -0.347. The molecule has 2 rings (SSSR count). The molecule has 19 heavy (non-hydrogen) atoms. The van der Waals surface area contributed by atoms with Gasteiger partial charge >= 0.3 is 6.03 Å². The smallest absolute Gasteiger partial charge is 0.321 e. The fourth-order valence-corrected chi connectivity index (χ4v) is 2.26. The summed E-state index contributed by atoms with van der Waals surface area (Å²) in [6, 6.07) is 5.22. The van der Waals surface area contributed by atoms with Gasteiger partial charge in [-0.05, 0) is 49.4 Å². The zero-order valence-electron chi connectivity index (χ0n) is 11.2. The molecule has 0 aliphatic heterocycles. The summed E-state index contributed by atoms with van der Waals surface area (Å²) in [7, 11) is 1.47. The Morgan fingerprint density at radius 1 is 1.21 bits per heavy atom. The third kappa shape index (κ3) is 3.24. The van der Waals surface area contributed by atoms with Crippen LogP contribution in [0.2, 0.25) is 0 Å². The van der Waals surface area contributed by atoms with Gasteiger partial charge < -0.3 is 10.6 Å². The number of anilines is 1. The summed E-state index contributed by atoms with van der Waals surface area (Å²) < 4.78 is 0. The van der Waals surface area contributed by atoms with Gasteiger partial charge in [-0.25, -0.2) is 4.79 Å². The van der Waals surface area contributed by atoms with Crippen molar-refractivity contribution in [3.63, 3.8) is 0 Å². The Hall–Kier alpha value is -2.04. The molecule has 3 amide bonds. The molecule has 3 N–H and O–H groups in total. The van der Waals surface area contributed by atoms with E-state index in [9.17, 15) is 9.59 Å². The fourth-order valence-electron chi connectivity index (χ4n) is 2.26. The minimum Gasteiger partial charge on any atom is -0.374 e. The molecule has 1 aromatic rings. The van der Waals surface area contributed by atoms with Crippen molar-refractivity contribution in [3.8, 4) is 0 Å². The zero-order chi connectivity index (χ0) is 13.8. The van der Waals surface area contributed by atoms with Gasteiger partial charge in [0.1, 0.15) is 6.04 Å². The Balaban J connectivity index is 1.97. The highest BCUT2D eigenvalue weighted by Gasteiger charge is 2.16. The number of nitrogens with one attached hydrogen (secondary N) is 3. The first-order chi connectivity index (χ1) is 9.10. The van der Waals surface area contributed by atoms with Gasteiger partial charge in [-0.15, -0.1) is 0 Å². The molecule has 0 saturated heterocycles. The highest BCUT2D eigenvalue weighted by Crippen LogP contribution is 2.25. The lowest BCUT2D eigenvalue weighted by Gasteiger charge is -2.15. The van der Waals surface area contributed by atoms with Crippen LogP contribution in [-0.4, -0.2) is 25.0 Å². The van der Waals surface area contributed by atoms with E-state index in [1.54, 1.807) is 6.92 Å². The molecule has 0 aromatic heterocycles. The predicted octanol–water partition coefficient (Wildman–Crippen LogP) is 1.43. The number of urea groups is 1. The van der Waals surface area contributed by atoms with E-state index in [4.69, 9.17) is 0 Å². The first-order valence-electron chi connectivity index (χ1n) is 6.51. The first kappa shape index (κ1) is 13.4. The monoisotopic (exact) mass is 261 g/mol. The molecule has 0 heterocycles. The Bertz CT molecular complexity index is 499. The SMILES string of the molecule is CNC(=O)NC(=O)C(C)Nc1ccc2c(c1)CCC2. The number of benzene rings is 1. The predicted molar refractivity (Wildman–Crippen MR) is 74.2 cm³/mol. The first-order valence-corrected chi connectivity index (χ1v) is 6.51. The summed E-state index contributed by atoms with van der Waals surface area (Å²) in [5.41, 5.74) is 3.66. The van der Waals surface area contributed by atoms with Crippen LogP contribution in [0.3, 0.4) is 0 Å². The van der Waals surface area contributed by atoms with E-state index in [-0.39, 0.29) is 5.91 Å². The number of carbonyl (C=O) groups is 2. The molecule has 1 aromatic carbocycles. The number of fused-ring (bicyclic) bond motifs is 1. The maximum Gasteiger partial charge on any atom is 0.321 e. The van der Waals surface area contributed by atoms with Crippen LogP contribution in [0.5, 0.6) is 0 Å². The molecule has 1 atom stereocenters. The molecule has 0 spiro atoms. The molecule has 5 heteroatoms. The average molecular weight is 261 g/mol. The lowest BCUT2D eigenvalue weighted by Crippen LogP contribution is -2.44. The Kier molecular flexibility index (Phi) is 4.04. The molecule has 1 aliphatic carbocycles. The normalized spacial score (nSPS) is 14.4. The molecule has 0 saturated carbocycles. The van der Waals surface area contributed by atoms with E-state index in [2.05, 4.69) is 28.1 Å². The Labute approximate surface area is 112 Å². The third-order valence-corrected chi connectivity index (χ3v) is 3.34. The van der Waals surface area contributed by atoms with E-state index in [1.165, 1.54) is 24.6 Å². The second kappa shape index (κ2) is 5.73. The quantitative estimate of drug-likeness (QED) is 0.771. The van der Waals surface area contributed by atoms with Gasteiger partial charge in [-0.2, -0.15) is 0 Å². The van der Waals surface area contributed by atoms with E-state index in [1.807, 2.05) is 6.07 Å². The van der Waals surface area contributed by atoms with Gasteiger partial charge in [0.15, 0.2) is 0 Å². The topological polar surface area (TPSA) is 70.2 Å². The summed E-state index contributed by atoms with van der Waals surface area (Å²) in [6.45, 7) is 1.73. The number of rotatable bonds is 3. The summed E-state index contributed by atoms with van der Waals surface area (Å²) in [6.07, 6.45) is 3.44. The number of amides is 3. The van der Waals surface area contributed by atoms with Crippen molar-refractivity contribution in [1.82, 2.24) is 10.6 Å². The fraction of sp³-hybridized carbons (Fsp3) is 0.429. The molecule has 5 nitrogen and oxygen atoms in total. The van der Waals surface area contributed by atoms with Crippen molar-refractivity contribution in [1.29, 1.82) is 0 Å². The minimum atomic E-state index is -0.493. The molecule has 1 unspecified atom stereocenters. The van der Waals surface area contributed by atoms with Crippen molar-refractivity contribution < 1.29 is 9.59 Å². The standard InChI is InChI=1S/C14H19N3O2/c1-9(13(18)17-14(19)15-2)16-12-7-6-10-4-3-5-11(10)8-12/h6-9,16H,3-5H2,1-2H3,(H2,15,17,18,19). The second-order valence-corrected chi connectivity index (χ2v) is 4.77. The number of imide groups is 1. The minimum absolute atomic E-state index is 0.347. The van der Waals surface area contributed by atoms with Crippen molar-refractivity contribution in [2.45, 2.75) is 32.2 Å². The average Bonchev–Trinajstić information content (AvgIpc) is 2.85. The molecular weight excluding hydrogens is 242 g/mol. The number of carbonyl (C=O) groups excluding carboxylic acids is 2. The Morgan fingerprint density at radius 3 is 2.68 bits per heavy atom. The van der Waals surface area contributed by atoms with Crippen molar-refractivity contribution in [3.05, 3.63) is 29.3 Å². The van der Waals surface area contributed by atoms with Gasteiger partial charge in [0.05, 0.1) is 0 Å². The van der Waals surface area contributed by atoms with E-state index in [0.29, 0.717) is 0 Å². The highest BCUT2D eigenvalue weighted by atomic mass is 16.2. The van der Waals surface area contributed by atoms with Gasteiger partial charge in [-0.3, -0.25) is 10.1 Å². The van der Waals surface area contributed by atoms with Crippen LogP contribution in [0, 0.1) is 0 Å². The lowest BCUT2D eigenvalue weighted by atomic mass is 10.1. The van der Waals surface area contributed by atoms with Crippen LogP contribution in [0.25, 0.3) is 0 Å². The molecular formula is C14H19N3O2. The zero-order valence-corrected chi connectivity index (χ0v) is 11.2. The van der Waals surface area contributed by atoms with Crippen molar-refractivity contribution >= 4 is 17.6 Å². The van der Waals surface area contributed by atoms with Gasteiger partial charge in [0.25, 0.3) is 0 Å². The van der Waals surface area contributed by atoms with Crippen LogP contribution in [0.1, 0.15) is 24.5 Å². The Morgan fingerprint density at radius 2 is 1.95 bits per heavy atom. The summed E-state index contributed by atoms with van der Waals surface area (Å²) in [5, 5.41) is 7.71. The van der Waals surface area contributed by atoms with E-state index >= 15 is 0 Å². The number of hydrogen-bond acceptors (Lipinski definition) is 3. The van der Waals surface area contributed by atoms with Crippen molar-refractivity contribution in [2.24, 2.45) is 0 Å². The molecule has 1 aliphatic rings. The van der Waals surface area contributed by atoms with Crippen LogP contribution in [-0.2, 0) is 17.6 Å². The maximum absolute atomic E-state index is 11.7. The highest BCUT2D eigenvalue weighted by molar-refractivity contribution is 5.97. The lowest BCUT2D eigenvalue weighted by molar-refractivity contribution is -0.120. The molecule has 102 valence electrons. The maximum atomic E-state index is 11.7. The molecule has 0 radical (unpaired) electrons. The second-order valence-electron chi connectivity index (χ2n) is 4.77. The van der Waals surface area contributed by atoms with Crippen LogP contribution >= 0.6 is 0 Å². The van der Waals surface area contributed by atoms with Gasteiger partial charge in [-0.1, -0.05) is 6.07 Å². The van der Waals surface area contributed by atoms with E-state index < -0.39 is 12.1 Å². The number of aryl methyl sites for hydroxylation is 2. The summed E-state index contributed by atoms with van der Waals surface area (Å²) >= 11 is 0. The van der Waals surface area contributed by atoms with Gasteiger partial charge in [0.2, 0.25) is 5.91 Å². The largest absolute Gasteiger partial charge is 0.374 e.